The number of benzene rings is 1. The van der Waals surface area contributed by atoms with Crippen molar-refractivity contribution in [2.75, 3.05) is 6.61 Å². The number of H-pyrrole nitrogens is 1. The van der Waals surface area contributed by atoms with Crippen LogP contribution in [0.5, 0.6) is 5.75 Å². The van der Waals surface area contributed by atoms with Crippen molar-refractivity contribution in [3.8, 4) is 5.75 Å². The zero-order chi connectivity index (χ0) is 17.2. The van der Waals surface area contributed by atoms with Crippen LogP contribution in [0.4, 0.5) is 13.2 Å². The minimum atomic E-state index is -4.70. The van der Waals surface area contributed by atoms with Gasteiger partial charge in [-0.1, -0.05) is 23.2 Å². The lowest BCUT2D eigenvalue weighted by atomic mass is 10.2. The van der Waals surface area contributed by atoms with Crippen LogP contribution in [0.15, 0.2) is 17.2 Å². The van der Waals surface area contributed by atoms with Gasteiger partial charge in [-0.3, -0.25) is 0 Å². The van der Waals surface area contributed by atoms with E-state index < -0.39 is 12.0 Å². The van der Waals surface area contributed by atoms with Gasteiger partial charge >= 0.3 is 6.18 Å². The highest BCUT2D eigenvalue weighted by Gasteiger charge is 2.37. The molecule has 2 aromatic rings. The van der Waals surface area contributed by atoms with Gasteiger partial charge in [-0.2, -0.15) is 22.9 Å². The summed E-state index contributed by atoms with van der Waals surface area (Å²) in [7, 11) is 0. The molecule has 1 aromatic heterocycles. The second-order valence-corrected chi connectivity index (χ2v) is 5.35. The molecule has 11 heteroatoms. The maximum atomic E-state index is 12.8. The number of alkyl halides is 3. The van der Waals surface area contributed by atoms with E-state index in [4.69, 9.17) is 40.2 Å². The van der Waals surface area contributed by atoms with Crippen LogP contribution < -0.4 is 4.74 Å². The van der Waals surface area contributed by atoms with Crippen LogP contribution in [-0.2, 0) is 6.18 Å². The van der Waals surface area contributed by atoms with Crippen LogP contribution in [0, 0.1) is 4.77 Å². The third kappa shape index (κ3) is 4.04. The van der Waals surface area contributed by atoms with Gasteiger partial charge in [0.05, 0.1) is 22.9 Å². The summed E-state index contributed by atoms with van der Waals surface area (Å²) in [6, 6.07) is 2.91. The molecule has 1 N–H and O–H groups in total. The zero-order valence-electron chi connectivity index (χ0n) is 11.5. The number of ether oxygens (including phenoxy) is 1. The number of nitrogens with one attached hydrogen (secondary N) is 1. The number of rotatable bonds is 4. The fourth-order valence-corrected chi connectivity index (χ4v) is 2.44. The molecule has 1 heterocycles. The molecule has 1 aromatic carbocycles. The summed E-state index contributed by atoms with van der Waals surface area (Å²) in [5.74, 6) is -0.967. The number of hydrogen-bond acceptors (Lipinski definition) is 4. The van der Waals surface area contributed by atoms with Gasteiger partial charge in [0, 0.05) is 0 Å². The van der Waals surface area contributed by atoms with Crippen molar-refractivity contribution in [3.05, 3.63) is 38.3 Å². The van der Waals surface area contributed by atoms with E-state index in [-0.39, 0.29) is 14.8 Å². The van der Waals surface area contributed by atoms with Crippen molar-refractivity contribution in [2.24, 2.45) is 5.10 Å². The Labute approximate surface area is 143 Å². The first-order chi connectivity index (χ1) is 10.7. The van der Waals surface area contributed by atoms with E-state index >= 15 is 0 Å². The summed E-state index contributed by atoms with van der Waals surface area (Å²) >= 11 is 16.7. The number of halogens is 5. The zero-order valence-corrected chi connectivity index (χ0v) is 13.8. The van der Waals surface area contributed by atoms with E-state index in [9.17, 15) is 13.2 Å². The maximum Gasteiger partial charge on any atom is 0.453 e. The molecule has 0 fully saturated rings. The standard InChI is InChI=1S/C12H9Cl2F3N4OS/c1-2-22-9-7(13)3-6(4-8(9)14)5-18-21-10(12(15,16)17)19-20-11(21)23/h3-5H,2H2,1H3,(H,20,23)/b18-5-. The Morgan fingerprint density at radius 2 is 2.00 bits per heavy atom. The highest BCUT2D eigenvalue weighted by atomic mass is 35.5. The molecule has 5 nitrogen and oxygen atoms in total. The van der Waals surface area contributed by atoms with E-state index in [1.165, 1.54) is 12.1 Å². The van der Waals surface area contributed by atoms with Crippen molar-refractivity contribution in [2.45, 2.75) is 13.1 Å². The smallest absolute Gasteiger partial charge is 0.453 e. The summed E-state index contributed by atoms with van der Waals surface area (Å²) in [6.45, 7) is 2.13. The molecule has 0 saturated heterocycles. The molecular formula is C12H9Cl2F3N4OS. The third-order valence-electron chi connectivity index (χ3n) is 2.54. The fourth-order valence-electron chi connectivity index (χ4n) is 1.64. The van der Waals surface area contributed by atoms with E-state index in [1.807, 2.05) is 0 Å². The average molecular weight is 385 g/mol. The normalized spacial score (nSPS) is 12.1. The second kappa shape index (κ2) is 6.90. The molecule has 0 spiro atoms. The SMILES string of the molecule is CCOc1c(Cl)cc(/C=N\n2c(C(F)(F)F)n[nH]c2=S)cc1Cl. The predicted molar refractivity (Wildman–Crippen MR) is 83.0 cm³/mol. The number of aromatic nitrogens is 3. The van der Waals surface area contributed by atoms with E-state index in [1.54, 1.807) is 6.92 Å². The summed E-state index contributed by atoms with van der Waals surface area (Å²) in [6.07, 6.45) is -3.56. The van der Waals surface area contributed by atoms with Crippen molar-refractivity contribution in [3.63, 3.8) is 0 Å². The first-order valence-corrected chi connectivity index (χ1v) is 7.31. The molecule has 0 atom stereocenters. The second-order valence-electron chi connectivity index (χ2n) is 4.15. The van der Waals surface area contributed by atoms with E-state index in [2.05, 4.69) is 15.3 Å². The lowest BCUT2D eigenvalue weighted by molar-refractivity contribution is -0.147. The van der Waals surface area contributed by atoms with Crippen molar-refractivity contribution in [1.82, 2.24) is 14.9 Å². The van der Waals surface area contributed by atoms with Crippen LogP contribution in [0.3, 0.4) is 0 Å². The molecule has 0 unspecified atom stereocenters. The fraction of sp³-hybridized carbons (Fsp3) is 0.250. The lowest BCUT2D eigenvalue weighted by Crippen LogP contribution is -2.12. The van der Waals surface area contributed by atoms with Gasteiger partial charge < -0.3 is 4.74 Å². The molecule has 0 radical (unpaired) electrons. The molecule has 0 saturated carbocycles. The summed E-state index contributed by atoms with van der Waals surface area (Å²) < 4.78 is 43.7. The monoisotopic (exact) mass is 384 g/mol. The highest BCUT2D eigenvalue weighted by Crippen LogP contribution is 2.34. The molecule has 0 aliphatic rings. The predicted octanol–water partition coefficient (Wildman–Crippen LogP) is 4.55. The van der Waals surface area contributed by atoms with Gasteiger partial charge in [-0.15, -0.1) is 5.10 Å². The summed E-state index contributed by atoms with van der Waals surface area (Å²) in [5.41, 5.74) is 0.375. The molecule has 124 valence electrons. The average Bonchev–Trinajstić information content (AvgIpc) is 2.82. The molecule has 0 aliphatic carbocycles. The molecule has 2 rings (SSSR count). The Balaban J connectivity index is 2.39. The van der Waals surface area contributed by atoms with Crippen molar-refractivity contribution < 1.29 is 17.9 Å². The molecule has 0 amide bonds. The Bertz CT molecular complexity index is 777. The van der Waals surface area contributed by atoms with E-state index in [0.29, 0.717) is 22.6 Å². The first kappa shape index (κ1) is 17.8. The van der Waals surface area contributed by atoms with Crippen LogP contribution >= 0.6 is 35.4 Å². The van der Waals surface area contributed by atoms with Crippen molar-refractivity contribution in [1.29, 1.82) is 0 Å². The van der Waals surface area contributed by atoms with Crippen molar-refractivity contribution >= 4 is 41.6 Å². The van der Waals surface area contributed by atoms with Crippen LogP contribution in [-0.4, -0.2) is 27.7 Å². The number of hydrogen-bond donors (Lipinski definition) is 1. The van der Waals surface area contributed by atoms with Gasteiger partial charge in [0.2, 0.25) is 4.77 Å². The quantitative estimate of drug-likeness (QED) is 0.621. The van der Waals surface area contributed by atoms with Gasteiger partial charge in [0.1, 0.15) is 0 Å². The van der Waals surface area contributed by atoms with Crippen LogP contribution in [0.1, 0.15) is 18.3 Å². The van der Waals surface area contributed by atoms with Crippen LogP contribution in [0.2, 0.25) is 10.0 Å². The molecule has 23 heavy (non-hydrogen) atoms. The van der Waals surface area contributed by atoms with E-state index in [0.717, 1.165) is 6.21 Å². The topological polar surface area (TPSA) is 55.2 Å². The highest BCUT2D eigenvalue weighted by molar-refractivity contribution is 7.71. The lowest BCUT2D eigenvalue weighted by Gasteiger charge is -2.08. The Hall–Kier alpha value is -1.58. The Kier molecular flexibility index (Phi) is 5.33. The minimum absolute atomic E-state index is 0.215. The third-order valence-corrected chi connectivity index (χ3v) is 3.36. The van der Waals surface area contributed by atoms with Crippen LogP contribution in [0.25, 0.3) is 0 Å². The number of nitrogens with zero attached hydrogens (tertiary/aromatic N) is 3. The number of aromatic amines is 1. The largest absolute Gasteiger partial charge is 0.491 e. The minimum Gasteiger partial charge on any atom is -0.491 e. The molecule has 0 aliphatic heterocycles. The Morgan fingerprint density at radius 3 is 2.52 bits per heavy atom. The molecular weight excluding hydrogens is 376 g/mol. The molecule has 0 bridgehead atoms. The Morgan fingerprint density at radius 1 is 1.39 bits per heavy atom. The van der Waals surface area contributed by atoms with Gasteiger partial charge in [0.15, 0.2) is 5.75 Å². The maximum absolute atomic E-state index is 12.8. The van der Waals surface area contributed by atoms with Gasteiger partial charge in [-0.05, 0) is 36.8 Å². The summed E-state index contributed by atoms with van der Waals surface area (Å²) in [5, 5.41) is 9.25. The summed E-state index contributed by atoms with van der Waals surface area (Å²) in [4.78, 5) is 0. The van der Waals surface area contributed by atoms with Gasteiger partial charge in [0.25, 0.3) is 5.82 Å². The van der Waals surface area contributed by atoms with Gasteiger partial charge in [-0.25, -0.2) is 5.10 Å². The first-order valence-electron chi connectivity index (χ1n) is 6.14.